The SMILES string of the molecule is CC1=CCC(C)(O)C(C(C)(C)C)=C1. The van der Waals surface area contributed by atoms with Gasteiger partial charge in [0.15, 0.2) is 0 Å². The number of hydrogen-bond donors (Lipinski definition) is 1. The molecule has 0 heterocycles. The molecule has 0 radical (unpaired) electrons. The van der Waals surface area contributed by atoms with Gasteiger partial charge in [0, 0.05) is 0 Å². The first-order valence-electron chi connectivity index (χ1n) is 4.85. The molecule has 0 aromatic heterocycles. The van der Waals surface area contributed by atoms with Crippen molar-refractivity contribution in [3.05, 3.63) is 23.3 Å². The summed E-state index contributed by atoms with van der Waals surface area (Å²) >= 11 is 0. The normalized spacial score (nSPS) is 29.7. The Morgan fingerprint density at radius 1 is 1.38 bits per heavy atom. The zero-order valence-electron chi connectivity index (χ0n) is 9.31. The zero-order valence-corrected chi connectivity index (χ0v) is 9.31. The maximum atomic E-state index is 10.2. The summed E-state index contributed by atoms with van der Waals surface area (Å²) in [4.78, 5) is 0. The molecule has 0 fully saturated rings. The Balaban J connectivity index is 3.09. The molecular formula is C12H20O. The fourth-order valence-corrected chi connectivity index (χ4v) is 1.94. The molecule has 0 aromatic carbocycles. The molecular weight excluding hydrogens is 160 g/mol. The standard InChI is InChI=1S/C12H20O/c1-9-6-7-12(5,13)10(8-9)11(2,3)4/h6,8,13H,7H2,1-5H3. The van der Waals surface area contributed by atoms with Gasteiger partial charge in [-0.1, -0.05) is 38.5 Å². The highest BCUT2D eigenvalue weighted by atomic mass is 16.3. The van der Waals surface area contributed by atoms with Crippen LogP contribution < -0.4 is 0 Å². The van der Waals surface area contributed by atoms with Crippen molar-refractivity contribution in [1.29, 1.82) is 0 Å². The molecule has 1 heteroatoms. The van der Waals surface area contributed by atoms with Gasteiger partial charge in [0.2, 0.25) is 0 Å². The van der Waals surface area contributed by atoms with Crippen LogP contribution in [0.1, 0.15) is 41.0 Å². The molecule has 1 atom stereocenters. The Bertz CT molecular complexity index is 261. The molecule has 0 spiro atoms. The summed E-state index contributed by atoms with van der Waals surface area (Å²) in [6, 6.07) is 0. The van der Waals surface area contributed by atoms with E-state index in [2.05, 4.69) is 39.8 Å². The minimum atomic E-state index is -0.655. The van der Waals surface area contributed by atoms with E-state index in [-0.39, 0.29) is 5.41 Å². The lowest BCUT2D eigenvalue weighted by molar-refractivity contribution is 0.0795. The smallest absolute Gasteiger partial charge is 0.0871 e. The van der Waals surface area contributed by atoms with Crippen molar-refractivity contribution < 1.29 is 5.11 Å². The van der Waals surface area contributed by atoms with Crippen molar-refractivity contribution in [2.75, 3.05) is 0 Å². The molecule has 0 saturated carbocycles. The van der Waals surface area contributed by atoms with E-state index in [1.165, 1.54) is 5.57 Å². The van der Waals surface area contributed by atoms with E-state index in [0.29, 0.717) is 0 Å². The molecule has 0 bridgehead atoms. The van der Waals surface area contributed by atoms with E-state index in [0.717, 1.165) is 12.0 Å². The van der Waals surface area contributed by atoms with Gasteiger partial charge in [0.1, 0.15) is 0 Å². The first-order valence-corrected chi connectivity index (χ1v) is 4.85. The summed E-state index contributed by atoms with van der Waals surface area (Å²) in [5.41, 5.74) is 1.80. The van der Waals surface area contributed by atoms with Gasteiger partial charge in [-0.05, 0) is 31.3 Å². The first-order chi connectivity index (χ1) is 5.73. The molecule has 1 aliphatic rings. The van der Waals surface area contributed by atoms with Crippen molar-refractivity contribution in [2.24, 2.45) is 5.41 Å². The summed E-state index contributed by atoms with van der Waals surface area (Å²) in [6.45, 7) is 10.4. The average Bonchev–Trinajstić information content (AvgIpc) is 1.92. The highest BCUT2D eigenvalue weighted by Crippen LogP contribution is 2.39. The Morgan fingerprint density at radius 3 is 2.31 bits per heavy atom. The molecule has 1 nitrogen and oxygen atoms in total. The van der Waals surface area contributed by atoms with Crippen molar-refractivity contribution in [3.8, 4) is 0 Å². The first kappa shape index (κ1) is 10.5. The third-order valence-electron chi connectivity index (χ3n) is 2.58. The highest BCUT2D eigenvalue weighted by molar-refractivity contribution is 5.36. The lowest BCUT2D eigenvalue weighted by atomic mass is 9.72. The molecule has 0 amide bonds. The molecule has 1 rings (SSSR count). The van der Waals surface area contributed by atoms with E-state index >= 15 is 0 Å². The van der Waals surface area contributed by atoms with Crippen LogP contribution in [0, 0.1) is 5.41 Å². The third kappa shape index (κ3) is 2.22. The Hall–Kier alpha value is -0.560. The van der Waals surface area contributed by atoms with Gasteiger partial charge in [-0.3, -0.25) is 0 Å². The topological polar surface area (TPSA) is 20.2 Å². The fourth-order valence-electron chi connectivity index (χ4n) is 1.94. The number of hydrogen-bond acceptors (Lipinski definition) is 1. The summed E-state index contributed by atoms with van der Waals surface area (Å²) in [7, 11) is 0. The second kappa shape index (κ2) is 2.98. The van der Waals surface area contributed by atoms with Gasteiger partial charge < -0.3 is 5.11 Å². The lowest BCUT2D eigenvalue weighted by Crippen LogP contribution is -2.35. The minimum Gasteiger partial charge on any atom is -0.385 e. The van der Waals surface area contributed by atoms with Crippen molar-refractivity contribution in [1.82, 2.24) is 0 Å². The molecule has 0 saturated heterocycles. The molecule has 0 aromatic rings. The second-order valence-electron chi connectivity index (χ2n) is 5.23. The van der Waals surface area contributed by atoms with Gasteiger partial charge in [0.05, 0.1) is 5.60 Å². The molecule has 1 aliphatic carbocycles. The molecule has 0 aliphatic heterocycles. The summed E-state index contributed by atoms with van der Waals surface area (Å²) in [5, 5.41) is 10.2. The van der Waals surface area contributed by atoms with Crippen LogP contribution in [0.2, 0.25) is 0 Å². The van der Waals surface area contributed by atoms with Crippen LogP contribution in [0.15, 0.2) is 23.3 Å². The quantitative estimate of drug-likeness (QED) is 0.607. The summed E-state index contributed by atoms with van der Waals surface area (Å²) < 4.78 is 0. The monoisotopic (exact) mass is 180 g/mol. The Morgan fingerprint density at radius 2 is 1.92 bits per heavy atom. The van der Waals surface area contributed by atoms with Gasteiger partial charge in [-0.2, -0.15) is 0 Å². The van der Waals surface area contributed by atoms with Crippen LogP contribution in [0.3, 0.4) is 0 Å². The molecule has 1 unspecified atom stereocenters. The molecule has 1 N–H and O–H groups in total. The van der Waals surface area contributed by atoms with Gasteiger partial charge >= 0.3 is 0 Å². The third-order valence-corrected chi connectivity index (χ3v) is 2.58. The largest absolute Gasteiger partial charge is 0.385 e. The minimum absolute atomic E-state index is 0.0546. The van der Waals surface area contributed by atoms with Crippen LogP contribution in [-0.2, 0) is 0 Å². The zero-order chi connectivity index (χ0) is 10.3. The predicted octanol–water partition coefficient (Wildman–Crippen LogP) is 3.06. The maximum absolute atomic E-state index is 10.2. The van der Waals surface area contributed by atoms with Crippen molar-refractivity contribution >= 4 is 0 Å². The predicted molar refractivity (Wildman–Crippen MR) is 56.5 cm³/mol. The van der Waals surface area contributed by atoms with E-state index in [1.54, 1.807) is 0 Å². The fraction of sp³-hybridized carbons (Fsp3) is 0.667. The molecule has 74 valence electrons. The van der Waals surface area contributed by atoms with E-state index < -0.39 is 5.60 Å². The Labute approximate surface area is 81.2 Å². The van der Waals surface area contributed by atoms with Crippen LogP contribution in [0.25, 0.3) is 0 Å². The molecule has 13 heavy (non-hydrogen) atoms. The Kier molecular flexibility index (Phi) is 2.42. The summed E-state index contributed by atoms with van der Waals surface area (Å²) in [5.74, 6) is 0. The van der Waals surface area contributed by atoms with Gasteiger partial charge in [0.25, 0.3) is 0 Å². The number of rotatable bonds is 0. The number of allylic oxidation sites excluding steroid dienone is 2. The van der Waals surface area contributed by atoms with Crippen molar-refractivity contribution in [3.63, 3.8) is 0 Å². The van der Waals surface area contributed by atoms with Crippen LogP contribution in [0.5, 0.6) is 0 Å². The maximum Gasteiger partial charge on any atom is 0.0871 e. The number of aliphatic hydroxyl groups is 1. The van der Waals surface area contributed by atoms with Crippen LogP contribution in [0.4, 0.5) is 0 Å². The highest BCUT2D eigenvalue weighted by Gasteiger charge is 2.34. The average molecular weight is 180 g/mol. The van der Waals surface area contributed by atoms with Crippen molar-refractivity contribution in [2.45, 2.75) is 46.6 Å². The van der Waals surface area contributed by atoms with E-state index in [9.17, 15) is 5.11 Å². The van der Waals surface area contributed by atoms with E-state index in [1.807, 2.05) is 6.92 Å². The van der Waals surface area contributed by atoms with Gasteiger partial charge in [-0.25, -0.2) is 0 Å². The van der Waals surface area contributed by atoms with Gasteiger partial charge in [-0.15, -0.1) is 0 Å². The lowest BCUT2D eigenvalue weighted by Gasteiger charge is -2.37. The summed E-state index contributed by atoms with van der Waals surface area (Å²) in [6.07, 6.45) is 4.95. The second-order valence-corrected chi connectivity index (χ2v) is 5.23. The van der Waals surface area contributed by atoms with E-state index in [4.69, 9.17) is 0 Å². The van der Waals surface area contributed by atoms with Crippen LogP contribution in [-0.4, -0.2) is 10.7 Å². The van der Waals surface area contributed by atoms with Crippen LogP contribution >= 0.6 is 0 Å².